The lowest BCUT2D eigenvalue weighted by atomic mass is 10.0. The number of pyridine rings is 1. The fourth-order valence-electron chi connectivity index (χ4n) is 5.06. The van der Waals surface area contributed by atoms with E-state index in [9.17, 15) is 9.59 Å². The van der Waals surface area contributed by atoms with Gasteiger partial charge in [0, 0.05) is 30.4 Å². The molecule has 3 unspecified atom stereocenters. The summed E-state index contributed by atoms with van der Waals surface area (Å²) < 4.78 is 28.3. The first kappa shape index (κ1) is 18.4. The van der Waals surface area contributed by atoms with Crippen LogP contribution in [0.25, 0.3) is 10.9 Å². The predicted octanol–water partition coefficient (Wildman–Crippen LogP) is 1.99. The summed E-state index contributed by atoms with van der Waals surface area (Å²) in [4.78, 5) is 27.3. The lowest BCUT2D eigenvalue weighted by Crippen LogP contribution is -2.37. The van der Waals surface area contributed by atoms with E-state index in [4.69, 9.17) is 9.47 Å². The highest BCUT2D eigenvalue weighted by molar-refractivity contribution is 5.99. The smallest absolute Gasteiger partial charge is 0.343 e. The molecule has 1 saturated carbocycles. The van der Waals surface area contributed by atoms with Crippen LogP contribution in [-0.2, 0) is 4.74 Å². The van der Waals surface area contributed by atoms with Gasteiger partial charge in [-0.2, -0.15) is 0 Å². The third-order valence-electron chi connectivity index (χ3n) is 6.89. The highest BCUT2D eigenvalue weighted by Crippen LogP contribution is 2.53. The van der Waals surface area contributed by atoms with Gasteiger partial charge < -0.3 is 24.3 Å². The zero-order valence-electron chi connectivity index (χ0n) is 17.0. The maximum absolute atomic E-state index is 15.6. The molecule has 1 aromatic carbocycles. The Morgan fingerprint density at radius 3 is 2.86 bits per heavy atom. The number of likely N-dealkylation sites (N-methyl/N-ethyl adjacent to an activating group) is 1. The molecular formula is C21H24FN3O4. The zero-order chi connectivity index (χ0) is 20.7. The number of aryl methyl sites for hydroxylation is 1. The molecule has 2 fully saturated rings. The molecule has 5 rings (SSSR count). The molecule has 1 aliphatic carbocycles. The van der Waals surface area contributed by atoms with Crippen molar-refractivity contribution in [3.05, 3.63) is 33.4 Å². The van der Waals surface area contributed by atoms with Gasteiger partial charge in [0.2, 0.25) is 5.43 Å². The highest BCUT2D eigenvalue weighted by Gasteiger charge is 2.59. The predicted molar refractivity (Wildman–Crippen MR) is 107 cm³/mol. The zero-order valence-corrected chi connectivity index (χ0v) is 17.0. The van der Waals surface area contributed by atoms with Crippen LogP contribution in [0.3, 0.4) is 0 Å². The number of piperidine rings is 1. The number of hydrogen-bond donors (Lipinski definition) is 1. The van der Waals surface area contributed by atoms with E-state index < -0.39 is 17.2 Å². The van der Waals surface area contributed by atoms with E-state index >= 15 is 4.39 Å². The van der Waals surface area contributed by atoms with Gasteiger partial charge in [-0.3, -0.25) is 4.79 Å². The van der Waals surface area contributed by atoms with Crippen molar-refractivity contribution in [3.63, 3.8) is 0 Å². The van der Waals surface area contributed by atoms with Crippen molar-refractivity contribution in [3.8, 4) is 5.75 Å². The summed E-state index contributed by atoms with van der Waals surface area (Å²) in [6, 6.07) is -0.109. The summed E-state index contributed by atoms with van der Waals surface area (Å²) in [7, 11) is 3.17. The van der Waals surface area contributed by atoms with Gasteiger partial charge in [0.15, 0.2) is 11.6 Å². The maximum Gasteiger partial charge on any atom is 0.343 e. The number of aromatic nitrogens is 1. The van der Waals surface area contributed by atoms with Gasteiger partial charge in [-0.1, -0.05) is 0 Å². The molecule has 0 spiro atoms. The third kappa shape index (κ3) is 2.32. The van der Waals surface area contributed by atoms with Crippen molar-refractivity contribution in [2.24, 2.45) is 5.92 Å². The quantitative estimate of drug-likeness (QED) is 0.793. The minimum absolute atomic E-state index is 0.0401. The summed E-state index contributed by atoms with van der Waals surface area (Å²) in [5.74, 6) is -0.301. The second-order valence-electron chi connectivity index (χ2n) is 8.46. The molecule has 3 aliphatic rings. The van der Waals surface area contributed by atoms with E-state index in [-0.39, 0.29) is 28.1 Å². The van der Waals surface area contributed by atoms with Gasteiger partial charge in [0.25, 0.3) is 0 Å². The number of esters is 1. The Hall–Kier alpha value is -2.61. The number of benzene rings is 1. The van der Waals surface area contributed by atoms with Crippen LogP contribution in [0.2, 0.25) is 0 Å². The minimum Gasteiger partial charge on any atom is -0.487 e. The molecule has 8 heteroatoms. The lowest BCUT2D eigenvalue weighted by Gasteiger charge is -2.33. The summed E-state index contributed by atoms with van der Waals surface area (Å²) in [5, 5.41) is 3.56. The third-order valence-corrected chi connectivity index (χ3v) is 6.89. The summed E-state index contributed by atoms with van der Waals surface area (Å²) in [6.07, 6.45) is 2.61. The van der Waals surface area contributed by atoms with E-state index in [1.54, 1.807) is 6.92 Å². The van der Waals surface area contributed by atoms with Gasteiger partial charge >= 0.3 is 5.97 Å². The van der Waals surface area contributed by atoms with E-state index in [2.05, 4.69) is 5.32 Å². The molecule has 1 N–H and O–H groups in total. The first-order valence-corrected chi connectivity index (χ1v) is 9.89. The number of nitrogens with one attached hydrogen (secondary N) is 1. The number of carbonyl (C=O) groups is 1. The average Bonchev–Trinajstić information content (AvgIpc) is 3.28. The van der Waals surface area contributed by atoms with Gasteiger partial charge in [0.05, 0.1) is 24.1 Å². The van der Waals surface area contributed by atoms with Gasteiger partial charge in [0.1, 0.15) is 17.9 Å². The first-order valence-electron chi connectivity index (χ1n) is 9.89. The lowest BCUT2D eigenvalue weighted by molar-refractivity contribution is 0.0598. The second kappa shape index (κ2) is 5.95. The number of carbonyl (C=O) groups excluding carboxylic acids is 1. The topological polar surface area (TPSA) is 72.8 Å². The Balaban J connectivity index is 1.80. The molecule has 7 nitrogen and oxygen atoms in total. The fourth-order valence-corrected chi connectivity index (χ4v) is 5.06. The monoisotopic (exact) mass is 401 g/mol. The second-order valence-corrected chi connectivity index (χ2v) is 8.46. The number of fused-ring (bicyclic) bond motifs is 1. The molecule has 0 bridgehead atoms. The van der Waals surface area contributed by atoms with E-state index in [1.165, 1.54) is 13.3 Å². The molecule has 3 atom stereocenters. The fraction of sp³-hybridized carbons (Fsp3) is 0.524. The molecule has 0 amide bonds. The Labute approximate surface area is 167 Å². The summed E-state index contributed by atoms with van der Waals surface area (Å²) >= 11 is 0. The first-order chi connectivity index (χ1) is 13.8. The molecule has 3 heterocycles. The molecule has 0 radical (unpaired) electrons. The number of hydrogen-bond acceptors (Lipinski definition) is 6. The highest BCUT2D eigenvalue weighted by atomic mass is 19.1. The van der Waals surface area contributed by atoms with Crippen LogP contribution in [0.5, 0.6) is 5.75 Å². The summed E-state index contributed by atoms with van der Waals surface area (Å²) in [5.41, 5.74) is 0.628. The molecule has 154 valence electrons. The van der Waals surface area contributed by atoms with E-state index in [1.807, 2.05) is 23.4 Å². The van der Waals surface area contributed by atoms with Crippen molar-refractivity contribution in [1.29, 1.82) is 0 Å². The summed E-state index contributed by atoms with van der Waals surface area (Å²) in [6.45, 7) is 5.31. The maximum atomic E-state index is 15.6. The number of nitrogens with zero attached hydrogens (tertiary/aromatic N) is 2. The number of rotatable bonds is 3. The minimum atomic E-state index is -0.722. The van der Waals surface area contributed by atoms with Crippen LogP contribution in [0.1, 0.15) is 35.3 Å². The number of anilines is 1. The van der Waals surface area contributed by atoms with Crippen molar-refractivity contribution in [2.75, 3.05) is 38.8 Å². The molecule has 2 aliphatic heterocycles. The Kier molecular flexibility index (Phi) is 3.78. The largest absolute Gasteiger partial charge is 0.487 e. The molecule has 1 saturated heterocycles. The normalized spacial score (nSPS) is 27.0. The van der Waals surface area contributed by atoms with Crippen molar-refractivity contribution in [2.45, 2.75) is 31.8 Å². The van der Waals surface area contributed by atoms with Crippen LogP contribution in [-0.4, -0.2) is 49.9 Å². The van der Waals surface area contributed by atoms with Gasteiger partial charge in [-0.05, 0) is 33.2 Å². The number of methoxy groups -OCH3 is 1. The standard InChI is InChI=1S/C21H24FN3O4/c1-10-8-29-19-16-14(18(26)13(7-25(10)16)20(27)28-4)11(2)15(22)17(19)24-6-12-5-21(12,9-24)23-3/h7,10,12,23H,5-6,8-9H2,1-4H3. The molecular weight excluding hydrogens is 377 g/mol. The molecule has 1 aromatic heterocycles. The average molecular weight is 401 g/mol. The van der Waals surface area contributed by atoms with Crippen molar-refractivity contribution in [1.82, 2.24) is 9.88 Å². The Morgan fingerprint density at radius 2 is 2.21 bits per heavy atom. The number of halogens is 1. The van der Waals surface area contributed by atoms with Crippen LogP contribution >= 0.6 is 0 Å². The Morgan fingerprint density at radius 1 is 1.45 bits per heavy atom. The van der Waals surface area contributed by atoms with Crippen molar-refractivity contribution >= 4 is 22.6 Å². The van der Waals surface area contributed by atoms with E-state index in [0.717, 1.165) is 13.0 Å². The van der Waals surface area contributed by atoms with Crippen LogP contribution in [0.15, 0.2) is 11.0 Å². The van der Waals surface area contributed by atoms with Crippen LogP contribution in [0.4, 0.5) is 10.1 Å². The number of ether oxygens (including phenoxy) is 2. The van der Waals surface area contributed by atoms with Gasteiger partial charge in [-0.25, -0.2) is 9.18 Å². The van der Waals surface area contributed by atoms with Crippen LogP contribution < -0.4 is 20.4 Å². The van der Waals surface area contributed by atoms with Crippen molar-refractivity contribution < 1.29 is 18.7 Å². The molecule has 2 aromatic rings. The Bertz CT molecular complexity index is 1120. The SMILES string of the molecule is CNC12CC1CN(c1c(F)c(C)c3c(=O)c(C(=O)OC)cn4c3c1OCC4C)C2. The van der Waals surface area contributed by atoms with E-state index in [0.29, 0.717) is 36.0 Å². The van der Waals surface area contributed by atoms with Crippen LogP contribution in [0, 0.1) is 18.7 Å². The molecule has 29 heavy (non-hydrogen) atoms. The van der Waals surface area contributed by atoms with Gasteiger partial charge in [-0.15, -0.1) is 0 Å².